The van der Waals surface area contributed by atoms with Gasteiger partial charge in [-0.05, 0) is 41.0 Å². The van der Waals surface area contributed by atoms with E-state index in [0.717, 1.165) is 16.6 Å². The maximum atomic E-state index is 5.80. The van der Waals surface area contributed by atoms with Crippen molar-refractivity contribution in [3.05, 3.63) is 28.5 Å². The zero-order valence-corrected chi connectivity index (χ0v) is 9.51. The highest BCUT2D eigenvalue weighted by molar-refractivity contribution is 9.10. The standard InChI is InChI=1S/C8H12BrN3.ClH/c9-6-1-2-8(12-5-6)7(11)3-4-10;/h1-2,5,7H,3-4,10-11H2;1H/t7-;/m0./s1. The van der Waals surface area contributed by atoms with E-state index >= 15 is 0 Å². The summed E-state index contributed by atoms with van der Waals surface area (Å²) in [5.41, 5.74) is 12.1. The molecule has 0 aliphatic carbocycles. The third-order valence-corrected chi connectivity index (χ3v) is 2.08. The summed E-state index contributed by atoms with van der Waals surface area (Å²) >= 11 is 3.31. The lowest BCUT2D eigenvalue weighted by atomic mass is 10.1. The van der Waals surface area contributed by atoms with Crippen molar-refractivity contribution in [1.82, 2.24) is 4.98 Å². The Morgan fingerprint density at radius 2 is 2.15 bits per heavy atom. The molecule has 0 aliphatic heterocycles. The smallest absolute Gasteiger partial charge is 0.0572 e. The minimum Gasteiger partial charge on any atom is -0.330 e. The molecule has 0 amide bonds. The number of pyridine rings is 1. The first-order valence-electron chi connectivity index (χ1n) is 3.81. The molecule has 0 spiro atoms. The molecule has 4 N–H and O–H groups in total. The van der Waals surface area contributed by atoms with E-state index in [2.05, 4.69) is 20.9 Å². The summed E-state index contributed by atoms with van der Waals surface area (Å²) in [4.78, 5) is 4.17. The van der Waals surface area contributed by atoms with Gasteiger partial charge in [-0.25, -0.2) is 0 Å². The molecule has 1 aromatic rings. The van der Waals surface area contributed by atoms with Crippen molar-refractivity contribution in [1.29, 1.82) is 0 Å². The monoisotopic (exact) mass is 265 g/mol. The Labute approximate surface area is 92.4 Å². The first-order valence-corrected chi connectivity index (χ1v) is 4.60. The van der Waals surface area contributed by atoms with Gasteiger partial charge in [0.1, 0.15) is 0 Å². The Morgan fingerprint density at radius 3 is 2.62 bits per heavy atom. The van der Waals surface area contributed by atoms with Gasteiger partial charge in [0.25, 0.3) is 0 Å². The minimum atomic E-state index is -0.0388. The van der Waals surface area contributed by atoms with Crippen molar-refractivity contribution < 1.29 is 0 Å². The van der Waals surface area contributed by atoms with Crippen LogP contribution in [0.4, 0.5) is 0 Å². The number of hydrogen-bond donors (Lipinski definition) is 2. The maximum absolute atomic E-state index is 5.80. The predicted octanol–water partition coefficient (Wildman–Crippen LogP) is 1.61. The highest BCUT2D eigenvalue weighted by atomic mass is 79.9. The van der Waals surface area contributed by atoms with Crippen LogP contribution in [0.3, 0.4) is 0 Å². The predicted molar refractivity (Wildman–Crippen MR) is 59.8 cm³/mol. The van der Waals surface area contributed by atoms with Gasteiger partial charge < -0.3 is 11.5 Å². The van der Waals surface area contributed by atoms with Crippen LogP contribution < -0.4 is 11.5 Å². The number of halogens is 2. The second kappa shape index (κ2) is 6.32. The van der Waals surface area contributed by atoms with Crippen LogP contribution in [0.25, 0.3) is 0 Å². The van der Waals surface area contributed by atoms with Crippen LogP contribution >= 0.6 is 28.3 Å². The van der Waals surface area contributed by atoms with E-state index < -0.39 is 0 Å². The fraction of sp³-hybridized carbons (Fsp3) is 0.375. The SMILES string of the molecule is Cl.NCC[C@H](N)c1ccc(Br)cn1. The average Bonchev–Trinajstić information content (AvgIpc) is 2.06. The van der Waals surface area contributed by atoms with Crippen LogP contribution in [-0.2, 0) is 0 Å². The summed E-state index contributed by atoms with van der Waals surface area (Å²) < 4.78 is 0.964. The molecule has 5 heteroatoms. The lowest BCUT2D eigenvalue weighted by Gasteiger charge is -2.08. The Hall–Kier alpha value is -0.160. The van der Waals surface area contributed by atoms with E-state index in [1.54, 1.807) is 6.20 Å². The molecule has 1 heterocycles. The Balaban J connectivity index is 0.00000144. The summed E-state index contributed by atoms with van der Waals surface area (Å²) in [5.74, 6) is 0. The number of rotatable bonds is 3. The van der Waals surface area contributed by atoms with Gasteiger partial charge in [-0.3, -0.25) is 4.98 Å². The Bertz CT molecular complexity index is 240. The van der Waals surface area contributed by atoms with Gasteiger partial charge >= 0.3 is 0 Å². The quantitative estimate of drug-likeness (QED) is 0.874. The third-order valence-electron chi connectivity index (χ3n) is 1.61. The first-order chi connectivity index (χ1) is 5.74. The molecular weight excluding hydrogens is 253 g/mol. The van der Waals surface area contributed by atoms with Gasteiger partial charge in [-0.15, -0.1) is 12.4 Å². The van der Waals surface area contributed by atoms with Crippen LogP contribution in [0.15, 0.2) is 22.8 Å². The summed E-state index contributed by atoms with van der Waals surface area (Å²) in [7, 11) is 0. The van der Waals surface area contributed by atoms with E-state index in [1.807, 2.05) is 12.1 Å². The number of nitrogens with two attached hydrogens (primary N) is 2. The Morgan fingerprint density at radius 1 is 1.46 bits per heavy atom. The van der Waals surface area contributed by atoms with Crippen LogP contribution in [0.1, 0.15) is 18.2 Å². The van der Waals surface area contributed by atoms with Crippen molar-refractivity contribution in [3.8, 4) is 0 Å². The normalized spacial score (nSPS) is 11.9. The zero-order chi connectivity index (χ0) is 8.97. The Kier molecular flexibility index (Phi) is 6.24. The number of nitrogens with zero attached hydrogens (tertiary/aromatic N) is 1. The molecule has 0 fully saturated rings. The van der Waals surface area contributed by atoms with Gasteiger partial charge in [0.05, 0.1) is 5.69 Å². The highest BCUT2D eigenvalue weighted by Gasteiger charge is 2.04. The van der Waals surface area contributed by atoms with Crippen molar-refractivity contribution in [2.24, 2.45) is 11.5 Å². The molecular formula is C8H13BrClN3. The molecule has 1 aromatic heterocycles. The van der Waals surface area contributed by atoms with Crippen molar-refractivity contribution in [2.75, 3.05) is 6.54 Å². The lowest BCUT2D eigenvalue weighted by molar-refractivity contribution is 0.642. The lowest BCUT2D eigenvalue weighted by Crippen LogP contribution is -2.16. The number of aromatic nitrogens is 1. The molecule has 74 valence electrons. The molecule has 1 rings (SSSR count). The van der Waals surface area contributed by atoms with E-state index in [4.69, 9.17) is 11.5 Å². The molecule has 3 nitrogen and oxygen atoms in total. The third kappa shape index (κ3) is 4.04. The van der Waals surface area contributed by atoms with E-state index in [1.165, 1.54) is 0 Å². The average molecular weight is 267 g/mol. The van der Waals surface area contributed by atoms with E-state index in [0.29, 0.717) is 6.54 Å². The second-order valence-electron chi connectivity index (χ2n) is 2.59. The van der Waals surface area contributed by atoms with Crippen molar-refractivity contribution in [2.45, 2.75) is 12.5 Å². The highest BCUT2D eigenvalue weighted by Crippen LogP contribution is 2.13. The molecule has 0 saturated carbocycles. The summed E-state index contributed by atoms with van der Waals surface area (Å²) in [6.45, 7) is 0.596. The summed E-state index contributed by atoms with van der Waals surface area (Å²) in [6.07, 6.45) is 2.51. The molecule has 0 bridgehead atoms. The molecule has 13 heavy (non-hydrogen) atoms. The molecule has 0 radical (unpaired) electrons. The zero-order valence-electron chi connectivity index (χ0n) is 7.11. The molecule has 0 aliphatic rings. The first kappa shape index (κ1) is 12.8. The molecule has 0 unspecified atom stereocenters. The fourth-order valence-corrected chi connectivity index (χ4v) is 1.17. The van der Waals surface area contributed by atoms with Crippen LogP contribution in [0.2, 0.25) is 0 Å². The molecule has 1 atom stereocenters. The minimum absolute atomic E-state index is 0. The van der Waals surface area contributed by atoms with Crippen LogP contribution in [-0.4, -0.2) is 11.5 Å². The van der Waals surface area contributed by atoms with Gasteiger partial charge in [0.2, 0.25) is 0 Å². The van der Waals surface area contributed by atoms with Gasteiger partial charge in [0, 0.05) is 16.7 Å². The van der Waals surface area contributed by atoms with Crippen molar-refractivity contribution in [3.63, 3.8) is 0 Å². The van der Waals surface area contributed by atoms with E-state index in [-0.39, 0.29) is 18.4 Å². The summed E-state index contributed by atoms with van der Waals surface area (Å²) in [5, 5.41) is 0. The van der Waals surface area contributed by atoms with Crippen molar-refractivity contribution >= 4 is 28.3 Å². The van der Waals surface area contributed by atoms with Gasteiger partial charge in [-0.2, -0.15) is 0 Å². The van der Waals surface area contributed by atoms with Gasteiger partial charge in [0.15, 0.2) is 0 Å². The largest absolute Gasteiger partial charge is 0.330 e. The topological polar surface area (TPSA) is 64.9 Å². The van der Waals surface area contributed by atoms with E-state index in [9.17, 15) is 0 Å². The molecule has 0 saturated heterocycles. The maximum Gasteiger partial charge on any atom is 0.0572 e. The second-order valence-corrected chi connectivity index (χ2v) is 3.50. The molecule has 0 aromatic carbocycles. The number of hydrogen-bond acceptors (Lipinski definition) is 3. The van der Waals surface area contributed by atoms with Gasteiger partial charge in [-0.1, -0.05) is 0 Å². The summed E-state index contributed by atoms with van der Waals surface area (Å²) in [6, 6.07) is 3.80. The van der Waals surface area contributed by atoms with Crippen LogP contribution in [0.5, 0.6) is 0 Å². The van der Waals surface area contributed by atoms with Crippen LogP contribution in [0, 0.1) is 0 Å². The fourth-order valence-electron chi connectivity index (χ4n) is 0.934.